The lowest BCUT2D eigenvalue weighted by Crippen LogP contribution is -2.37. The van der Waals surface area contributed by atoms with Gasteiger partial charge >= 0.3 is 0 Å². The van der Waals surface area contributed by atoms with Crippen LogP contribution in [0.15, 0.2) is 12.3 Å². The van der Waals surface area contributed by atoms with Crippen LogP contribution in [0.4, 0.5) is 8.78 Å². The van der Waals surface area contributed by atoms with Crippen molar-refractivity contribution in [2.75, 3.05) is 13.2 Å². The number of hydrogen-bond donors (Lipinski definition) is 1. The van der Waals surface area contributed by atoms with Crippen molar-refractivity contribution in [3.05, 3.63) is 29.6 Å². The summed E-state index contributed by atoms with van der Waals surface area (Å²) in [6, 6.07) is 1.11. The topological polar surface area (TPSA) is 43.4 Å². The molecule has 2 fully saturated rings. The van der Waals surface area contributed by atoms with Gasteiger partial charge in [-0.1, -0.05) is 6.92 Å². The van der Waals surface area contributed by atoms with E-state index in [4.69, 9.17) is 9.47 Å². The lowest BCUT2D eigenvalue weighted by Gasteiger charge is -2.34. The van der Waals surface area contributed by atoms with E-state index in [1.165, 1.54) is 0 Å². The minimum absolute atomic E-state index is 0.0387. The van der Waals surface area contributed by atoms with Gasteiger partial charge in [0.25, 0.3) is 0 Å². The zero-order chi connectivity index (χ0) is 15.6. The first-order valence-corrected chi connectivity index (χ1v) is 7.89. The molecule has 0 bridgehead atoms. The molecule has 1 aliphatic heterocycles. The van der Waals surface area contributed by atoms with Gasteiger partial charge in [-0.2, -0.15) is 4.39 Å². The van der Waals surface area contributed by atoms with E-state index in [2.05, 4.69) is 17.2 Å². The Balaban J connectivity index is 1.46. The molecule has 0 amide bonds. The van der Waals surface area contributed by atoms with E-state index < -0.39 is 17.6 Å². The van der Waals surface area contributed by atoms with E-state index in [0.29, 0.717) is 13.2 Å². The number of ether oxygens (including phenoxy) is 2. The first-order chi connectivity index (χ1) is 10.6. The molecule has 1 N–H and O–H groups in total. The number of rotatable bonds is 4. The average Bonchev–Trinajstić information content (AvgIpc) is 2.89. The molecule has 1 aromatic rings. The van der Waals surface area contributed by atoms with Gasteiger partial charge in [0.1, 0.15) is 5.82 Å². The summed E-state index contributed by atoms with van der Waals surface area (Å²) >= 11 is 0. The summed E-state index contributed by atoms with van der Waals surface area (Å²) in [5.74, 6) is -0.851. The van der Waals surface area contributed by atoms with Crippen molar-refractivity contribution in [2.24, 2.45) is 5.92 Å². The van der Waals surface area contributed by atoms with Crippen molar-refractivity contribution < 1.29 is 18.3 Å². The summed E-state index contributed by atoms with van der Waals surface area (Å²) in [6.07, 6.45) is 5.00. The lowest BCUT2D eigenvalue weighted by molar-refractivity contribution is -0.191. The van der Waals surface area contributed by atoms with Crippen LogP contribution in [-0.2, 0) is 16.0 Å². The summed E-state index contributed by atoms with van der Waals surface area (Å²) in [5.41, 5.74) is 0.271. The zero-order valence-corrected chi connectivity index (χ0v) is 12.8. The second-order valence-corrected chi connectivity index (χ2v) is 6.37. The van der Waals surface area contributed by atoms with Crippen LogP contribution < -0.4 is 5.32 Å². The summed E-state index contributed by atoms with van der Waals surface area (Å²) in [7, 11) is 0. The van der Waals surface area contributed by atoms with Gasteiger partial charge in [-0.15, -0.1) is 0 Å². The Morgan fingerprint density at radius 2 is 2.14 bits per heavy atom. The molecule has 22 heavy (non-hydrogen) atoms. The van der Waals surface area contributed by atoms with Gasteiger partial charge in [0.05, 0.1) is 18.9 Å². The van der Waals surface area contributed by atoms with E-state index in [9.17, 15) is 8.78 Å². The molecular weight excluding hydrogens is 290 g/mol. The smallest absolute Gasteiger partial charge is 0.213 e. The maximum atomic E-state index is 13.5. The van der Waals surface area contributed by atoms with Crippen LogP contribution in [0.1, 0.15) is 38.2 Å². The maximum absolute atomic E-state index is 13.5. The molecule has 1 spiro atoms. The molecule has 6 heteroatoms. The summed E-state index contributed by atoms with van der Waals surface area (Å²) in [6.45, 7) is 3.60. The quantitative estimate of drug-likeness (QED) is 0.868. The van der Waals surface area contributed by atoms with E-state index >= 15 is 0 Å². The van der Waals surface area contributed by atoms with Crippen molar-refractivity contribution in [3.8, 4) is 0 Å². The van der Waals surface area contributed by atoms with E-state index in [0.717, 1.165) is 43.9 Å². The maximum Gasteiger partial charge on any atom is 0.213 e. The molecule has 4 nitrogen and oxygen atoms in total. The van der Waals surface area contributed by atoms with E-state index in [-0.39, 0.29) is 18.2 Å². The monoisotopic (exact) mass is 312 g/mol. The van der Waals surface area contributed by atoms with Gasteiger partial charge in [0.15, 0.2) is 5.79 Å². The van der Waals surface area contributed by atoms with Crippen LogP contribution in [0.25, 0.3) is 0 Å². The third kappa shape index (κ3) is 3.62. The summed E-state index contributed by atoms with van der Waals surface area (Å²) in [4.78, 5) is 3.27. The highest BCUT2D eigenvalue weighted by Gasteiger charge is 2.43. The van der Waals surface area contributed by atoms with Gasteiger partial charge in [-0.05, 0) is 18.8 Å². The molecule has 2 heterocycles. The van der Waals surface area contributed by atoms with Crippen molar-refractivity contribution in [1.29, 1.82) is 0 Å². The molecule has 1 atom stereocenters. The van der Waals surface area contributed by atoms with E-state index in [1.54, 1.807) is 0 Å². The standard InChI is InChI=1S/C16H22F2N2O2/c1-11-2-4-16(5-3-11)21-10-13(22-16)8-19-7-12-6-15(18)20-9-14(12)17/h6,9,11,13,19H,2-5,7-8,10H2,1H3. The Hall–Kier alpha value is -1.11. The first-order valence-electron chi connectivity index (χ1n) is 7.89. The van der Waals surface area contributed by atoms with Crippen molar-refractivity contribution in [3.63, 3.8) is 0 Å². The fourth-order valence-electron chi connectivity index (χ4n) is 3.14. The number of halogens is 2. The number of hydrogen-bond acceptors (Lipinski definition) is 4. The molecular formula is C16H22F2N2O2. The highest BCUT2D eigenvalue weighted by molar-refractivity contribution is 5.13. The number of nitrogens with one attached hydrogen (secondary N) is 1. The van der Waals surface area contributed by atoms with E-state index in [1.807, 2.05) is 0 Å². The predicted octanol–water partition coefficient (Wildman–Crippen LogP) is 2.77. The van der Waals surface area contributed by atoms with Crippen molar-refractivity contribution in [1.82, 2.24) is 10.3 Å². The molecule has 3 rings (SSSR count). The van der Waals surface area contributed by atoms with Crippen LogP contribution >= 0.6 is 0 Å². The molecule has 1 aromatic heterocycles. The molecule has 0 aromatic carbocycles. The number of nitrogens with zero attached hydrogens (tertiary/aromatic N) is 1. The third-order valence-corrected chi connectivity index (χ3v) is 4.54. The second kappa shape index (κ2) is 6.56. The minimum Gasteiger partial charge on any atom is -0.347 e. The Labute approximate surface area is 129 Å². The molecule has 1 saturated heterocycles. The van der Waals surface area contributed by atoms with Crippen LogP contribution in [-0.4, -0.2) is 30.0 Å². The third-order valence-electron chi connectivity index (χ3n) is 4.54. The van der Waals surface area contributed by atoms with Gasteiger partial charge in [0.2, 0.25) is 5.95 Å². The highest BCUT2D eigenvalue weighted by atomic mass is 19.1. The number of aromatic nitrogens is 1. The average molecular weight is 312 g/mol. The minimum atomic E-state index is -0.672. The molecule has 1 saturated carbocycles. The highest BCUT2D eigenvalue weighted by Crippen LogP contribution is 2.39. The van der Waals surface area contributed by atoms with Crippen LogP contribution in [0.5, 0.6) is 0 Å². The number of pyridine rings is 1. The Kier molecular flexibility index (Phi) is 4.70. The summed E-state index contributed by atoms with van der Waals surface area (Å²) < 4.78 is 38.4. The van der Waals surface area contributed by atoms with Crippen LogP contribution in [0.3, 0.4) is 0 Å². The summed E-state index contributed by atoms with van der Waals surface area (Å²) in [5, 5.41) is 3.10. The van der Waals surface area contributed by atoms with Gasteiger partial charge in [-0.3, -0.25) is 0 Å². The first kappa shape index (κ1) is 15.8. The molecule has 1 aliphatic carbocycles. The van der Waals surface area contributed by atoms with Crippen LogP contribution in [0.2, 0.25) is 0 Å². The lowest BCUT2D eigenvalue weighted by atomic mass is 9.86. The van der Waals surface area contributed by atoms with Gasteiger partial charge in [-0.25, -0.2) is 9.37 Å². The second-order valence-electron chi connectivity index (χ2n) is 6.37. The van der Waals surface area contributed by atoms with Gasteiger partial charge in [0, 0.05) is 37.6 Å². The predicted molar refractivity (Wildman–Crippen MR) is 77.0 cm³/mol. The fourth-order valence-corrected chi connectivity index (χ4v) is 3.14. The fraction of sp³-hybridized carbons (Fsp3) is 0.688. The normalized spacial score (nSPS) is 31.8. The zero-order valence-electron chi connectivity index (χ0n) is 12.8. The van der Waals surface area contributed by atoms with Crippen molar-refractivity contribution >= 4 is 0 Å². The Morgan fingerprint density at radius 1 is 1.36 bits per heavy atom. The van der Waals surface area contributed by atoms with Crippen molar-refractivity contribution in [2.45, 2.75) is 51.0 Å². The van der Waals surface area contributed by atoms with Gasteiger partial charge < -0.3 is 14.8 Å². The Bertz CT molecular complexity index is 519. The van der Waals surface area contributed by atoms with Crippen LogP contribution in [0, 0.1) is 17.7 Å². The SMILES string of the molecule is CC1CCC2(CC1)OCC(CNCc1cc(F)ncc1F)O2. The molecule has 122 valence electrons. The molecule has 1 unspecified atom stereocenters. The molecule has 2 aliphatic rings. The largest absolute Gasteiger partial charge is 0.347 e. The Morgan fingerprint density at radius 3 is 2.91 bits per heavy atom. The molecule has 0 radical (unpaired) electrons.